The Morgan fingerprint density at radius 3 is 2.60 bits per heavy atom. The highest BCUT2D eigenvalue weighted by atomic mass is 32.1. The van der Waals surface area contributed by atoms with Crippen LogP contribution in [0.4, 0.5) is 0 Å². The van der Waals surface area contributed by atoms with Crippen LogP contribution in [0.2, 0.25) is 0 Å². The van der Waals surface area contributed by atoms with E-state index in [1.54, 1.807) is 0 Å². The molecule has 0 aliphatic carbocycles. The Labute approximate surface area is 94.8 Å². The summed E-state index contributed by atoms with van der Waals surface area (Å²) in [6.45, 7) is 3.97. The second-order valence-electron chi connectivity index (χ2n) is 3.49. The highest BCUT2D eigenvalue weighted by Gasteiger charge is 2.11. The van der Waals surface area contributed by atoms with Crippen LogP contribution < -0.4 is 0 Å². The molecule has 78 valence electrons. The van der Waals surface area contributed by atoms with Crippen LogP contribution in [0.1, 0.15) is 17.0 Å². The SMILES string of the molecule is Cc1ccccc1-c1nc(CS)c(C)o1. The zero-order valence-corrected chi connectivity index (χ0v) is 9.71. The zero-order valence-electron chi connectivity index (χ0n) is 8.82. The van der Waals surface area contributed by atoms with E-state index in [9.17, 15) is 0 Å². The standard InChI is InChI=1S/C12H13NOS/c1-8-5-3-4-6-10(8)12-13-11(7-15)9(2)14-12/h3-6,15H,7H2,1-2H3. The van der Waals surface area contributed by atoms with Gasteiger partial charge >= 0.3 is 0 Å². The lowest BCUT2D eigenvalue weighted by atomic mass is 10.1. The first-order valence-electron chi connectivity index (χ1n) is 4.85. The molecule has 0 N–H and O–H groups in total. The molecule has 0 fully saturated rings. The molecule has 0 aliphatic heterocycles. The average molecular weight is 219 g/mol. The van der Waals surface area contributed by atoms with Gasteiger partial charge in [0.05, 0.1) is 5.69 Å². The topological polar surface area (TPSA) is 26.0 Å². The number of benzene rings is 1. The molecule has 2 rings (SSSR count). The summed E-state index contributed by atoms with van der Waals surface area (Å²) in [4.78, 5) is 4.42. The summed E-state index contributed by atoms with van der Waals surface area (Å²) in [6, 6.07) is 8.06. The third-order valence-electron chi connectivity index (χ3n) is 2.42. The van der Waals surface area contributed by atoms with Crippen LogP contribution in [-0.4, -0.2) is 4.98 Å². The Morgan fingerprint density at radius 1 is 1.27 bits per heavy atom. The van der Waals surface area contributed by atoms with Crippen molar-refractivity contribution in [1.29, 1.82) is 0 Å². The largest absolute Gasteiger partial charge is 0.441 e. The van der Waals surface area contributed by atoms with Gasteiger partial charge in [-0.1, -0.05) is 18.2 Å². The van der Waals surface area contributed by atoms with Gasteiger partial charge in [0.2, 0.25) is 5.89 Å². The van der Waals surface area contributed by atoms with Gasteiger partial charge in [-0.15, -0.1) is 0 Å². The predicted molar refractivity (Wildman–Crippen MR) is 64.1 cm³/mol. The molecule has 0 radical (unpaired) electrons. The summed E-state index contributed by atoms with van der Waals surface area (Å²) < 4.78 is 5.61. The van der Waals surface area contributed by atoms with Gasteiger partial charge in [0.25, 0.3) is 0 Å². The van der Waals surface area contributed by atoms with Gasteiger partial charge < -0.3 is 4.42 Å². The van der Waals surface area contributed by atoms with Gasteiger partial charge in [0.1, 0.15) is 5.76 Å². The van der Waals surface area contributed by atoms with Gasteiger partial charge in [0, 0.05) is 11.3 Å². The molecular weight excluding hydrogens is 206 g/mol. The molecule has 2 nitrogen and oxygen atoms in total. The van der Waals surface area contributed by atoms with Crippen LogP contribution in [0.5, 0.6) is 0 Å². The van der Waals surface area contributed by atoms with E-state index in [0.29, 0.717) is 11.6 Å². The van der Waals surface area contributed by atoms with E-state index >= 15 is 0 Å². The number of thiol groups is 1. The minimum Gasteiger partial charge on any atom is -0.441 e. The molecule has 0 saturated heterocycles. The van der Waals surface area contributed by atoms with Crippen molar-refractivity contribution in [2.45, 2.75) is 19.6 Å². The van der Waals surface area contributed by atoms with E-state index in [2.05, 4.69) is 30.6 Å². The second-order valence-corrected chi connectivity index (χ2v) is 3.81. The fraction of sp³-hybridized carbons (Fsp3) is 0.250. The van der Waals surface area contributed by atoms with Crippen molar-refractivity contribution in [3.8, 4) is 11.5 Å². The monoisotopic (exact) mass is 219 g/mol. The van der Waals surface area contributed by atoms with Crippen molar-refractivity contribution in [2.24, 2.45) is 0 Å². The van der Waals surface area contributed by atoms with Crippen molar-refractivity contribution in [1.82, 2.24) is 4.98 Å². The van der Waals surface area contributed by atoms with E-state index in [1.807, 2.05) is 25.1 Å². The van der Waals surface area contributed by atoms with Crippen LogP contribution in [0, 0.1) is 13.8 Å². The van der Waals surface area contributed by atoms with Crippen molar-refractivity contribution >= 4 is 12.6 Å². The maximum atomic E-state index is 5.61. The molecule has 0 saturated carbocycles. The van der Waals surface area contributed by atoms with Crippen LogP contribution >= 0.6 is 12.6 Å². The fourth-order valence-electron chi connectivity index (χ4n) is 1.50. The number of aryl methyl sites for hydroxylation is 2. The molecule has 1 heterocycles. The Balaban J connectivity index is 2.50. The summed E-state index contributed by atoms with van der Waals surface area (Å²) in [5, 5.41) is 0. The molecule has 3 heteroatoms. The molecule has 0 atom stereocenters. The number of rotatable bonds is 2. The van der Waals surface area contributed by atoms with E-state index in [4.69, 9.17) is 4.42 Å². The summed E-state index contributed by atoms with van der Waals surface area (Å²) in [5.41, 5.74) is 3.13. The lowest BCUT2D eigenvalue weighted by molar-refractivity contribution is 0.540. The summed E-state index contributed by atoms with van der Waals surface area (Å²) in [5.74, 6) is 2.15. The maximum Gasteiger partial charge on any atom is 0.226 e. The number of hydrogen-bond donors (Lipinski definition) is 1. The first-order valence-corrected chi connectivity index (χ1v) is 5.49. The van der Waals surface area contributed by atoms with Crippen molar-refractivity contribution in [2.75, 3.05) is 0 Å². The van der Waals surface area contributed by atoms with Gasteiger partial charge in [0.15, 0.2) is 0 Å². The second kappa shape index (κ2) is 4.11. The Morgan fingerprint density at radius 2 is 2.00 bits per heavy atom. The Hall–Kier alpha value is -1.22. The normalized spacial score (nSPS) is 10.6. The number of nitrogens with zero attached hydrogens (tertiary/aromatic N) is 1. The number of oxazole rings is 1. The molecule has 0 amide bonds. The molecular formula is C12H13NOS. The molecule has 15 heavy (non-hydrogen) atoms. The zero-order chi connectivity index (χ0) is 10.8. The van der Waals surface area contributed by atoms with Gasteiger partial charge in [-0.25, -0.2) is 4.98 Å². The van der Waals surface area contributed by atoms with Crippen LogP contribution in [0.3, 0.4) is 0 Å². The molecule has 0 unspecified atom stereocenters. The van der Waals surface area contributed by atoms with Gasteiger partial charge in [-0.05, 0) is 25.5 Å². The Kier molecular flexibility index (Phi) is 2.82. The predicted octanol–water partition coefficient (Wildman–Crippen LogP) is 3.39. The third-order valence-corrected chi connectivity index (χ3v) is 2.72. The molecule has 0 bridgehead atoms. The molecule has 0 aliphatic rings. The van der Waals surface area contributed by atoms with Crippen molar-refractivity contribution in [3.05, 3.63) is 41.3 Å². The van der Waals surface area contributed by atoms with E-state index in [0.717, 1.165) is 17.0 Å². The quantitative estimate of drug-likeness (QED) is 0.783. The first kappa shape index (κ1) is 10.3. The minimum atomic E-state index is 0.612. The highest BCUT2D eigenvalue weighted by molar-refractivity contribution is 7.79. The van der Waals surface area contributed by atoms with E-state index in [-0.39, 0.29) is 0 Å². The van der Waals surface area contributed by atoms with Crippen LogP contribution in [-0.2, 0) is 5.75 Å². The van der Waals surface area contributed by atoms with Crippen molar-refractivity contribution < 1.29 is 4.42 Å². The first-order chi connectivity index (χ1) is 7.22. The van der Waals surface area contributed by atoms with Crippen LogP contribution in [0.25, 0.3) is 11.5 Å². The molecule has 1 aromatic carbocycles. The summed E-state index contributed by atoms with van der Waals surface area (Å²) in [7, 11) is 0. The molecule has 1 aromatic heterocycles. The van der Waals surface area contributed by atoms with E-state index in [1.165, 1.54) is 5.56 Å². The van der Waals surface area contributed by atoms with Crippen LogP contribution in [0.15, 0.2) is 28.7 Å². The van der Waals surface area contributed by atoms with Gasteiger partial charge in [-0.2, -0.15) is 12.6 Å². The highest BCUT2D eigenvalue weighted by Crippen LogP contribution is 2.24. The lowest BCUT2D eigenvalue weighted by Crippen LogP contribution is -1.83. The fourth-order valence-corrected chi connectivity index (χ4v) is 1.80. The van der Waals surface area contributed by atoms with Crippen molar-refractivity contribution in [3.63, 3.8) is 0 Å². The number of hydrogen-bond acceptors (Lipinski definition) is 3. The third kappa shape index (κ3) is 1.92. The summed E-state index contributed by atoms with van der Waals surface area (Å²) >= 11 is 4.21. The maximum absolute atomic E-state index is 5.61. The summed E-state index contributed by atoms with van der Waals surface area (Å²) in [6.07, 6.45) is 0. The van der Waals surface area contributed by atoms with E-state index < -0.39 is 0 Å². The smallest absolute Gasteiger partial charge is 0.226 e. The molecule has 2 aromatic rings. The number of aromatic nitrogens is 1. The van der Waals surface area contributed by atoms with Gasteiger partial charge in [-0.3, -0.25) is 0 Å². The molecule has 0 spiro atoms. The lowest BCUT2D eigenvalue weighted by Gasteiger charge is -1.98. The minimum absolute atomic E-state index is 0.612. The average Bonchev–Trinajstić information content (AvgIpc) is 2.60. The Bertz CT molecular complexity index is 476.